The van der Waals surface area contributed by atoms with Crippen molar-refractivity contribution in [2.45, 2.75) is 44.9 Å². The lowest BCUT2D eigenvalue weighted by Gasteiger charge is -2.18. The molecule has 0 aromatic heterocycles. The molecule has 0 aliphatic heterocycles. The van der Waals surface area contributed by atoms with Gasteiger partial charge in [0.1, 0.15) is 74.4 Å². The monoisotopic (exact) mass is 520 g/mol. The first-order valence-corrected chi connectivity index (χ1v) is 13.5. The Kier molecular flexibility index (Phi) is 10.3. The maximum absolute atomic E-state index is 13.6. The van der Waals surface area contributed by atoms with Gasteiger partial charge in [-0.15, -0.1) is 0 Å². The highest BCUT2D eigenvalue weighted by molar-refractivity contribution is 6.46. The van der Waals surface area contributed by atoms with Crippen molar-refractivity contribution in [3.05, 3.63) is 71.3 Å². The van der Waals surface area contributed by atoms with Crippen LogP contribution in [0.3, 0.4) is 0 Å². The third kappa shape index (κ3) is 7.37. The summed E-state index contributed by atoms with van der Waals surface area (Å²) in [4.78, 5) is 0. The summed E-state index contributed by atoms with van der Waals surface area (Å²) in [5.41, 5.74) is 7.30. The SMILES string of the molecule is [B]c1cc(-c2c([B])cc(F)cc2[B])cc([B])c1CCCCCCCc1c([B])cc(-c2c([B])cc(F)cc2[B])cc1[B]. The Hall–Kier alpha value is -2.74. The van der Waals surface area contributed by atoms with E-state index in [4.69, 9.17) is 62.8 Å². The molecule has 184 valence electrons. The lowest BCUT2D eigenvalue weighted by Crippen LogP contribution is -2.27. The van der Waals surface area contributed by atoms with Gasteiger partial charge in [0, 0.05) is 0 Å². The molecule has 4 rings (SSSR count). The number of unbranched alkanes of at least 4 members (excludes halogenated alkanes) is 4. The predicted octanol–water partition coefficient (Wildman–Crippen LogP) is -0.615. The second-order valence-electron chi connectivity index (χ2n) is 10.5. The van der Waals surface area contributed by atoms with Crippen LogP contribution in [0.15, 0.2) is 48.5 Å². The average molecular weight is 519 g/mol. The van der Waals surface area contributed by atoms with Crippen LogP contribution in [0, 0.1) is 11.6 Å². The van der Waals surface area contributed by atoms with E-state index in [9.17, 15) is 8.78 Å². The number of benzene rings is 4. The molecule has 0 fully saturated rings. The molecule has 0 atom stereocenters. The maximum atomic E-state index is 13.6. The minimum absolute atomic E-state index is 0.232. The molecular formula is C31H22B8F2. The predicted molar refractivity (Wildman–Crippen MR) is 177 cm³/mol. The largest absolute Gasteiger partial charge is 0.207 e. The van der Waals surface area contributed by atoms with E-state index in [1.807, 2.05) is 0 Å². The molecule has 0 N–H and O–H groups in total. The van der Waals surface area contributed by atoms with E-state index >= 15 is 0 Å². The minimum atomic E-state index is -0.496. The molecule has 0 heterocycles. The van der Waals surface area contributed by atoms with E-state index in [2.05, 4.69) is 0 Å². The standard InChI is InChI=1S/C31H22B8F2/c32-22-8-16(30-26(36)12-18(40)13-27(30)37)9-23(33)20(22)6-4-2-1-3-5-7-21-24(34)10-17(11-25(21)35)31-28(38)14-19(41)15-29(31)39/h8-15H,1-7H2. The molecule has 0 saturated carbocycles. The van der Waals surface area contributed by atoms with Gasteiger partial charge in [0.15, 0.2) is 0 Å². The van der Waals surface area contributed by atoms with Gasteiger partial charge in [-0.2, -0.15) is 0 Å². The van der Waals surface area contributed by atoms with E-state index in [1.165, 1.54) is 24.3 Å². The van der Waals surface area contributed by atoms with Crippen molar-refractivity contribution in [2.75, 3.05) is 0 Å². The molecule has 0 amide bonds. The van der Waals surface area contributed by atoms with Crippen molar-refractivity contribution in [1.29, 1.82) is 0 Å². The van der Waals surface area contributed by atoms with Gasteiger partial charge in [0.2, 0.25) is 0 Å². The summed E-state index contributed by atoms with van der Waals surface area (Å²) in [5, 5.41) is 0. The van der Waals surface area contributed by atoms with Crippen LogP contribution in [0.4, 0.5) is 8.78 Å². The zero-order valence-corrected chi connectivity index (χ0v) is 22.9. The van der Waals surface area contributed by atoms with Crippen LogP contribution in [0.5, 0.6) is 0 Å². The van der Waals surface area contributed by atoms with Crippen LogP contribution >= 0.6 is 0 Å². The topological polar surface area (TPSA) is 0 Å². The van der Waals surface area contributed by atoms with Gasteiger partial charge in [0.25, 0.3) is 0 Å². The van der Waals surface area contributed by atoms with Crippen molar-refractivity contribution in [3.63, 3.8) is 0 Å². The molecule has 0 spiro atoms. The first-order chi connectivity index (χ1) is 19.5. The number of hydrogen-bond acceptors (Lipinski definition) is 0. The lowest BCUT2D eigenvalue weighted by molar-refractivity contribution is 0.615. The first kappa shape index (κ1) is 31.2. The Bertz CT molecular complexity index is 1380. The molecule has 0 unspecified atom stereocenters. The molecule has 0 aliphatic carbocycles. The molecule has 16 radical (unpaired) electrons. The van der Waals surface area contributed by atoms with Crippen LogP contribution in [0.2, 0.25) is 0 Å². The minimum Gasteiger partial charge on any atom is -0.207 e. The van der Waals surface area contributed by atoms with Crippen molar-refractivity contribution in [3.8, 4) is 22.3 Å². The molecule has 4 aromatic carbocycles. The highest BCUT2D eigenvalue weighted by Crippen LogP contribution is 2.17. The first-order valence-electron chi connectivity index (χ1n) is 13.5. The zero-order chi connectivity index (χ0) is 29.8. The van der Waals surface area contributed by atoms with Gasteiger partial charge in [-0.05, 0) is 72.2 Å². The maximum Gasteiger partial charge on any atom is 0.122 e. The molecule has 4 aromatic rings. The summed E-state index contributed by atoms with van der Waals surface area (Å²) in [5.74, 6) is -0.992. The Morgan fingerprint density at radius 2 is 0.634 bits per heavy atom. The smallest absolute Gasteiger partial charge is 0.122 e. The average Bonchev–Trinajstić information content (AvgIpc) is 2.85. The highest BCUT2D eigenvalue weighted by atomic mass is 19.1. The van der Waals surface area contributed by atoms with Crippen molar-refractivity contribution < 1.29 is 8.78 Å². The second-order valence-corrected chi connectivity index (χ2v) is 10.5. The van der Waals surface area contributed by atoms with E-state index in [0.717, 1.165) is 56.1 Å². The van der Waals surface area contributed by atoms with E-state index in [0.29, 0.717) is 44.1 Å². The summed E-state index contributed by atoms with van der Waals surface area (Å²) in [6, 6.07) is 12.0. The van der Waals surface area contributed by atoms with E-state index in [-0.39, 0.29) is 21.9 Å². The van der Waals surface area contributed by atoms with Crippen molar-refractivity contribution in [2.24, 2.45) is 0 Å². The van der Waals surface area contributed by atoms with Gasteiger partial charge in [0.05, 0.1) is 0 Å². The van der Waals surface area contributed by atoms with Gasteiger partial charge < -0.3 is 0 Å². The summed E-state index contributed by atoms with van der Waals surface area (Å²) < 4.78 is 27.2. The zero-order valence-electron chi connectivity index (χ0n) is 22.9. The van der Waals surface area contributed by atoms with Crippen molar-refractivity contribution >= 4 is 106 Å². The summed E-state index contributed by atoms with van der Waals surface area (Å²) >= 11 is 0. The second kappa shape index (κ2) is 13.5. The molecule has 0 aliphatic rings. The van der Waals surface area contributed by atoms with Gasteiger partial charge in [-0.25, -0.2) is 8.78 Å². The van der Waals surface area contributed by atoms with Crippen LogP contribution in [0.1, 0.15) is 43.2 Å². The molecular weight excluding hydrogens is 497 g/mol. The quantitative estimate of drug-likeness (QED) is 0.194. The fourth-order valence-corrected chi connectivity index (χ4v) is 5.40. The summed E-state index contributed by atoms with van der Waals surface area (Å²) in [7, 11) is 49.3. The van der Waals surface area contributed by atoms with Crippen molar-refractivity contribution in [1.82, 2.24) is 0 Å². The number of hydrogen-bond donors (Lipinski definition) is 0. The Labute approximate surface area is 253 Å². The van der Waals surface area contributed by atoms with Gasteiger partial charge in [-0.1, -0.05) is 98.4 Å². The third-order valence-corrected chi connectivity index (χ3v) is 7.40. The molecule has 10 heteroatoms. The molecule has 0 nitrogen and oxygen atoms in total. The lowest BCUT2D eigenvalue weighted by atomic mass is 9.73. The molecule has 0 bridgehead atoms. The highest BCUT2D eigenvalue weighted by Gasteiger charge is 2.12. The Morgan fingerprint density at radius 3 is 0.927 bits per heavy atom. The van der Waals surface area contributed by atoms with Crippen LogP contribution in [-0.4, -0.2) is 62.8 Å². The Balaban J connectivity index is 1.29. The number of halogens is 2. The Morgan fingerprint density at radius 1 is 0.366 bits per heavy atom. The molecule has 0 saturated heterocycles. The van der Waals surface area contributed by atoms with Crippen LogP contribution in [-0.2, 0) is 12.8 Å². The fraction of sp³-hybridized carbons (Fsp3) is 0.226. The molecule has 41 heavy (non-hydrogen) atoms. The number of rotatable bonds is 10. The third-order valence-electron chi connectivity index (χ3n) is 7.40. The normalized spacial score (nSPS) is 11.2. The fourth-order valence-electron chi connectivity index (χ4n) is 5.40. The van der Waals surface area contributed by atoms with Gasteiger partial charge in [-0.3, -0.25) is 0 Å². The van der Waals surface area contributed by atoms with Crippen LogP contribution < -0.4 is 43.7 Å². The van der Waals surface area contributed by atoms with Crippen LogP contribution in [0.25, 0.3) is 22.3 Å². The van der Waals surface area contributed by atoms with Gasteiger partial charge >= 0.3 is 0 Å². The summed E-state index contributed by atoms with van der Waals surface area (Å²) in [6.07, 6.45) is 6.37. The van der Waals surface area contributed by atoms with E-state index in [1.54, 1.807) is 24.3 Å². The van der Waals surface area contributed by atoms with E-state index < -0.39 is 11.6 Å². The summed E-state index contributed by atoms with van der Waals surface area (Å²) in [6.45, 7) is 0.